The minimum Gasteiger partial charge on any atom is -0.481 e. The van der Waals surface area contributed by atoms with Crippen LogP contribution in [0.3, 0.4) is 0 Å². The number of ether oxygens (including phenoxy) is 1. The van der Waals surface area contributed by atoms with Crippen LogP contribution in [0.25, 0.3) is 0 Å². The Morgan fingerprint density at radius 3 is 2.41 bits per heavy atom. The molecule has 0 aromatic rings. The number of carbonyl (C=O) groups is 1. The van der Waals surface area contributed by atoms with Crippen molar-refractivity contribution in [3.8, 4) is 0 Å². The average molecular weight is 245 g/mol. The van der Waals surface area contributed by atoms with Crippen molar-refractivity contribution in [3.63, 3.8) is 0 Å². The van der Waals surface area contributed by atoms with Crippen LogP contribution in [0.4, 0.5) is 0 Å². The summed E-state index contributed by atoms with van der Waals surface area (Å²) in [7, 11) is 0. The van der Waals surface area contributed by atoms with E-state index in [4.69, 9.17) is 9.84 Å². The molecule has 4 heteroatoms. The molecule has 0 rings (SSSR count). The lowest BCUT2D eigenvalue weighted by Crippen LogP contribution is -2.34. The Hall–Kier alpha value is -0.610. The lowest BCUT2D eigenvalue weighted by Gasteiger charge is -2.22. The number of rotatable bonds is 10. The number of nitrogens with zero attached hydrogens (tertiary/aromatic N) is 1. The zero-order valence-electron chi connectivity index (χ0n) is 11.6. The minimum atomic E-state index is -0.732. The normalized spacial score (nSPS) is 13.3. The summed E-state index contributed by atoms with van der Waals surface area (Å²) in [5.41, 5.74) is 0. The molecule has 0 aliphatic rings. The van der Waals surface area contributed by atoms with Crippen LogP contribution in [0.5, 0.6) is 0 Å². The fourth-order valence-electron chi connectivity index (χ4n) is 1.46. The van der Waals surface area contributed by atoms with Gasteiger partial charge in [0.15, 0.2) is 0 Å². The van der Waals surface area contributed by atoms with Crippen molar-refractivity contribution in [1.82, 2.24) is 4.90 Å². The van der Waals surface area contributed by atoms with Crippen molar-refractivity contribution in [2.24, 2.45) is 11.8 Å². The maximum absolute atomic E-state index is 10.7. The summed E-state index contributed by atoms with van der Waals surface area (Å²) in [6.45, 7) is 11.9. The maximum Gasteiger partial charge on any atom is 0.307 e. The van der Waals surface area contributed by atoms with E-state index in [1.165, 1.54) is 0 Å². The maximum atomic E-state index is 10.7. The molecule has 1 atom stereocenters. The lowest BCUT2D eigenvalue weighted by molar-refractivity contribution is -0.141. The second kappa shape index (κ2) is 9.42. The molecule has 102 valence electrons. The van der Waals surface area contributed by atoms with Gasteiger partial charge in [0.2, 0.25) is 0 Å². The summed E-state index contributed by atoms with van der Waals surface area (Å²) in [6.07, 6.45) is 1.08. The fourth-order valence-corrected chi connectivity index (χ4v) is 1.46. The number of hydrogen-bond acceptors (Lipinski definition) is 3. The van der Waals surface area contributed by atoms with Gasteiger partial charge in [0, 0.05) is 19.7 Å². The van der Waals surface area contributed by atoms with Gasteiger partial charge < -0.3 is 14.7 Å². The molecule has 0 saturated carbocycles. The first-order chi connectivity index (χ1) is 7.97. The number of likely N-dealkylation sites (N-methyl/N-ethyl adjacent to an activating group) is 1. The number of hydrogen-bond donors (Lipinski definition) is 1. The average Bonchev–Trinajstić information content (AvgIpc) is 2.26. The second-order valence-electron chi connectivity index (χ2n) is 4.93. The summed E-state index contributed by atoms with van der Waals surface area (Å²) in [5.74, 6) is -0.376. The fraction of sp³-hybridized carbons (Fsp3) is 0.923. The van der Waals surface area contributed by atoms with E-state index >= 15 is 0 Å². The molecule has 17 heavy (non-hydrogen) atoms. The third kappa shape index (κ3) is 9.12. The molecule has 0 saturated heterocycles. The molecule has 0 aliphatic heterocycles. The highest BCUT2D eigenvalue weighted by atomic mass is 16.5. The molecule has 0 fully saturated rings. The lowest BCUT2D eigenvalue weighted by atomic mass is 10.1. The summed E-state index contributed by atoms with van der Waals surface area (Å²) in [5, 5.41) is 8.84. The third-order valence-electron chi connectivity index (χ3n) is 2.79. The molecule has 4 nitrogen and oxygen atoms in total. The van der Waals surface area contributed by atoms with Crippen LogP contribution in [-0.4, -0.2) is 48.8 Å². The van der Waals surface area contributed by atoms with E-state index in [0.29, 0.717) is 19.1 Å². The summed E-state index contributed by atoms with van der Waals surface area (Å²) in [6, 6.07) is 0. The van der Waals surface area contributed by atoms with Gasteiger partial charge in [-0.25, -0.2) is 0 Å². The van der Waals surface area contributed by atoms with E-state index in [1.54, 1.807) is 6.92 Å². The standard InChI is InChI=1S/C13H27NO3/c1-5-14(10-12(4)13(15)16)7-9-17-8-6-11(2)3/h11-12H,5-10H2,1-4H3,(H,15,16). The van der Waals surface area contributed by atoms with Crippen molar-refractivity contribution in [2.75, 3.05) is 32.8 Å². The van der Waals surface area contributed by atoms with Crippen molar-refractivity contribution in [1.29, 1.82) is 0 Å². The molecule has 0 bridgehead atoms. The molecule has 1 unspecified atom stereocenters. The van der Waals surface area contributed by atoms with Crippen molar-refractivity contribution in [3.05, 3.63) is 0 Å². The third-order valence-corrected chi connectivity index (χ3v) is 2.79. The molecule has 1 N–H and O–H groups in total. The van der Waals surface area contributed by atoms with E-state index in [0.717, 1.165) is 26.1 Å². The molecule has 0 heterocycles. The largest absolute Gasteiger partial charge is 0.481 e. The van der Waals surface area contributed by atoms with Gasteiger partial charge in [-0.05, 0) is 18.9 Å². The SMILES string of the molecule is CCN(CCOCCC(C)C)CC(C)C(=O)O. The summed E-state index contributed by atoms with van der Waals surface area (Å²) in [4.78, 5) is 12.9. The van der Waals surface area contributed by atoms with Crippen molar-refractivity contribution < 1.29 is 14.6 Å². The van der Waals surface area contributed by atoms with Crippen molar-refractivity contribution in [2.45, 2.75) is 34.1 Å². The quantitative estimate of drug-likeness (QED) is 0.599. The van der Waals surface area contributed by atoms with Gasteiger partial charge in [-0.1, -0.05) is 27.7 Å². The highest BCUT2D eigenvalue weighted by Crippen LogP contribution is 2.01. The van der Waals surface area contributed by atoms with E-state index < -0.39 is 5.97 Å². The summed E-state index contributed by atoms with van der Waals surface area (Å²) >= 11 is 0. The molecular formula is C13H27NO3. The Morgan fingerprint density at radius 1 is 1.29 bits per heavy atom. The second-order valence-corrected chi connectivity index (χ2v) is 4.93. The van der Waals surface area contributed by atoms with Crippen LogP contribution >= 0.6 is 0 Å². The van der Waals surface area contributed by atoms with Gasteiger partial charge in [0.25, 0.3) is 0 Å². The first-order valence-electron chi connectivity index (χ1n) is 6.50. The van der Waals surface area contributed by atoms with E-state index in [1.807, 2.05) is 6.92 Å². The Labute approximate surface area is 105 Å². The summed E-state index contributed by atoms with van der Waals surface area (Å²) < 4.78 is 5.53. The molecule has 0 amide bonds. The zero-order valence-corrected chi connectivity index (χ0v) is 11.6. The van der Waals surface area contributed by atoms with E-state index in [-0.39, 0.29) is 5.92 Å². The van der Waals surface area contributed by atoms with Gasteiger partial charge in [-0.2, -0.15) is 0 Å². The Morgan fingerprint density at radius 2 is 1.94 bits per heavy atom. The zero-order chi connectivity index (χ0) is 13.3. The highest BCUT2D eigenvalue weighted by Gasteiger charge is 2.14. The predicted octanol–water partition coefficient (Wildman–Crippen LogP) is 2.09. The van der Waals surface area contributed by atoms with Gasteiger partial charge in [0.1, 0.15) is 0 Å². The van der Waals surface area contributed by atoms with Crippen LogP contribution in [0, 0.1) is 11.8 Å². The molecule has 0 aromatic carbocycles. The van der Waals surface area contributed by atoms with Gasteiger partial charge in [-0.3, -0.25) is 4.79 Å². The van der Waals surface area contributed by atoms with Gasteiger partial charge >= 0.3 is 5.97 Å². The monoisotopic (exact) mass is 245 g/mol. The molecule has 0 radical (unpaired) electrons. The smallest absolute Gasteiger partial charge is 0.307 e. The van der Waals surface area contributed by atoms with Crippen LogP contribution < -0.4 is 0 Å². The highest BCUT2D eigenvalue weighted by molar-refractivity contribution is 5.69. The minimum absolute atomic E-state index is 0.314. The van der Waals surface area contributed by atoms with Crippen molar-refractivity contribution >= 4 is 5.97 Å². The predicted molar refractivity (Wildman–Crippen MR) is 69.2 cm³/mol. The number of carboxylic acid groups (broad SMARTS) is 1. The van der Waals surface area contributed by atoms with Crippen LogP contribution in [0.1, 0.15) is 34.1 Å². The number of carboxylic acids is 1. The van der Waals surface area contributed by atoms with Crippen LogP contribution in [0.15, 0.2) is 0 Å². The molecule has 0 spiro atoms. The Kier molecular flexibility index (Phi) is 9.09. The molecule has 0 aromatic heterocycles. The van der Waals surface area contributed by atoms with Crippen LogP contribution in [-0.2, 0) is 9.53 Å². The first kappa shape index (κ1) is 16.4. The van der Waals surface area contributed by atoms with Gasteiger partial charge in [-0.15, -0.1) is 0 Å². The Balaban J connectivity index is 3.64. The number of aliphatic carboxylic acids is 1. The molecule has 0 aliphatic carbocycles. The Bertz CT molecular complexity index is 207. The first-order valence-corrected chi connectivity index (χ1v) is 6.50. The van der Waals surface area contributed by atoms with Crippen LogP contribution in [0.2, 0.25) is 0 Å². The van der Waals surface area contributed by atoms with E-state index in [9.17, 15) is 4.79 Å². The molecular weight excluding hydrogens is 218 g/mol. The topological polar surface area (TPSA) is 49.8 Å². The van der Waals surface area contributed by atoms with Gasteiger partial charge in [0.05, 0.1) is 12.5 Å². The van der Waals surface area contributed by atoms with E-state index in [2.05, 4.69) is 18.7 Å².